The van der Waals surface area contributed by atoms with Gasteiger partial charge in [0.15, 0.2) is 11.5 Å². The molecule has 5 heteroatoms. The van der Waals surface area contributed by atoms with Gasteiger partial charge in [0.2, 0.25) is 11.8 Å². The molecule has 1 aliphatic rings. The topological polar surface area (TPSA) is 64.6 Å². The van der Waals surface area contributed by atoms with Crippen molar-refractivity contribution in [1.82, 2.24) is 5.32 Å². The fourth-order valence-electron chi connectivity index (χ4n) is 2.96. The van der Waals surface area contributed by atoms with Crippen LogP contribution in [0.1, 0.15) is 31.7 Å². The van der Waals surface area contributed by atoms with Crippen molar-refractivity contribution in [2.24, 2.45) is 11.8 Å². The molecule has 1 heterocycles. The van der Waals surface area contributed by atoms with E-state index in [-0.39, 0.29) is 29.6 Å². The van der Waals surface area contributed by atoms with Crippen LogP contribution in [0.25, 0.3) is 0 Å². The third kappa shape index (κ3) is 3.01. The van der Waals surface area contributed by atoms with Crippen LogP contribution in [0.5, 0.6) is 11.5 Å². The SMILES string of the molecule is COc1ccc(C2CC(=O)NC(=O)C2C(C)C)cc1OC. The lowest BCUT2D eigenvalue weighted by Gasteiger charge is -2.33. The molecule has 0 aromatic heterocycles. The molecule has 21 heavy (non-hydrogen) atoms. The smallest absolute Gasteiger partial charge is 0.230 e. The second-order valence-corrected chi connectivity index (χ2v) is 5.61. The third-order valence-corrected chi connectivity index (χ3v) is 3.96. The molecule has 2 rings (SSSR count). The summed E-state index contributed by atoms with van der Waals surface area (Å²) in [5.74, 6) is 0.616. The zero-order valence-electron chi connectivity index (χ0n) is 12.8. The molecule has 1 aromatic rings. The van der Waals surface area contributed by atoms with Crippen molar-refractivity contribution in [2.75, 3.05) is 14.2 Å². The molecular weight excluding hydrogens is 270 g/mol. The Hall–Kier alpha value is -2.04. The number of carbonyl (C=O) groups excluding carboxylic acids is 2. The van der Waals surface area contributed by atoms with E-state index in [9.17, 15) is 9.59 Å². The molecule has 1 N–H and O–H groups in total. The van der Waals surface area contributed by atoms with Crippen molar-refractivity contribution in [3.05, 3.63) is 23.8 Å². The van der Waals surface area contributed by atoms with Crippen LogP contribution < -0.4 is 14.8 Å². The van der Waals surface area contributed by atoms with Gasteiger partial charge in [0.25, 0.3) is 0 Å². The van der Waals surface area contributed by atoms with Crippen molar-refractivity contribution in [1.29, 1.82) is 0 Å². The first-order chi connectivity index (χ1) is 9.97. The summed E-state index contributed by atoms with van der Waals surface area (Å²) in [6.07, 6.45) is 0.310. The van der Waals surface area contributed by atoms with Gasteiger partial charge in [-0.3, -0.25) is 14.9 Å². The van der Waals surface area contributed by atoms with Crippen molar-refractivity contribution >= 4 is 11.8 Å². The Labute approximate surface area is 124 Å². The van der Waals surface area contributed by atoms with Crippen molar-refractivity contribution in [3.63, 3.8) is 0 Å². The van der Waals surface area contributed by atoms with E-state index in [1.165, 1.54) is 0 Å². The van der Waals surface area contributed by atoms with E-state index in [2.05, 4.69) is 5.32 Å². The van der Waals surface area contributed by atoms with E-state index in [4.69, 9.17) is 9.47 Å². The maximum atomic E-state index is 12.1. The van der Waals surface area contributed by atoms with Crippen LogP contribution in [-0.2, 0) is 9.59 Å². The predicted molar refractivity (Wildman–Crippen MR) is 78.4 cm³/mol. The minimum absolute atomic E-state index is 0.133. The largest absolute Gasteiger partial charge is 0.493 e. The highest BCUT2D eigenvalue weighted by molar-refractivity contribution is 6.00. The van der Waals surface area contributed by atoms with Gasteiger partial charge in [-0.15, -0.1) is 0 Å². The third-order valence-electron chi connectivity index (χ3n) is 3.96. The molecule has 0 radical (unpaired) electrons. The number of carbonyl (C=O) groups is 2. The molecule has 114 valence electrons. The van der Waals surface area contributed by atoms with Gasteiger partial charge in [-0.2, -0.15) is 0 Å². The number of rotatable bonds is 4. The number of benzene rings is 1. The zero-order chi connectivity index (χ0) is 15.6. The first kappa shape index (κ1) is 15.4. The predicted octanol–water partition coefficient (Wildman–Crippen LogP) is 2.11. The minimum Gasteiger partial charge on any atom is -0.493 e. The Bertz CT molecular complexity index is 553. The van der Waals surface area contributed by atoms with E-state index in [0.717, 1.165) is 5.56 Å². The Balaban J connectivity index is 2.41. The highest BCUT2D eigenvalue weighted by atomic mass is 16.5. The van der Waals surface area contributed by atoms with E-state index in [1.54, 1.807) is 14.2 Å². The lowest BCUT2D eigenvalue weighted by molar-refractivity contribution is -0.138. The molecule has 1 aliphatic heterocycles. The van der Waals surface area contributed by atoms with Gasteiger partial charge < -0.3 is 9.47 Å². The molecule has 0 saturated carbocycles. The number of imide groups is 1. The monoisotopic (exact) mass is 291 g/mol. The average Bonchev–Trinajstić information content (AvgIpc) is 2.45. The molecule has 2 atom stereocenters. The summed E-state index contributed by atoms with van der Waals surface area (Å²) in [5, 5.41) is 2.43. The standard InChI is InChI=1S/C16H21NO4/c1-9(2)15-11(8-14(18)17-16(15)19)10-5-6-12(20-3)13(7-10)21-4/h5-7,9,11,15H,8H2,1-4H3,(H,17,18,19). The summed E-state index contributed by atoms with van der Waals surface area (Å²) in [6, 6.07) is 5.56. The summed E-state index contributed by atoms with van der Waals surface area (Å²) in [4.78, 5) is 23.8. The molecule has 2 unspecified atom stereocenters. The van der Waals surface area contributed by atoms with Crippen LogP contribution in [0.3, 0.4) is 0 Å². The molecule has 0 bridgehead atoms. The van der Waals surface area contributed by atoms with Gasteiger partial charge in [-0.1, -0.05) is 19.9 Å². The van der Waals surface area contributed by atoms with E-state index >= 15 is 0 Å². The fourth-order valence-corrected chi connectivity index (χ4v) is 2.96. The molecule has 1 saturated heterocycles. The Morgan fingerprint density at radius 2 is 1.81 bits per heavy atom. The number of piperidine rings is 1. The van der Waals surface area contributed by atoms with Gasteiger partial charge in [0.1, 0.15) is 0 Å². The van der Waals surface area contributed by atoms with E-state index in [0.29, 0.717) is 17.9 Å². The van der Waals surface area contributed by atoms with Crippen LogP contribution in [-0.4, -0.2) is 26.0 Å². The van der Waals surface area contributed by atoms with Crippen LogP contribution in [0, 0.1) is 11.8 Å². The number of ether oxygens (including phenoxy) is 2. The normalized spacial score (nSPS) is 22.1. The molecule has 2 amide bonds. The van der Waals surface area contributed by atoms with Gasteiger partial charge in [-0.05, 0) is 23.6 Å². The molecule has 5 nitrogen and oxygen atoms in total. The zero-order valence-corrected chi connectivity index (χ0v) is 12.8. The molecule has 1 aromatic carbocycles. The van der Waals surface area contributed by atoms with Gasteiger partial charge in [-0.25, -0.2) is 0 Å². The molecule has 1 fully saturated rings. The van der Waals surface area contributed by atoms with Crippen molar-refractivity contribution < 1.29 is 19.1 Å². The molecule has 0 aliphatic carbocycles. The number of methoxy groups -OCH3 is 2. The molecule has 0 spiro atoms. The van der Waals surface area contributed by atoms with Gasteiger partial charge in [0.05, 0.1) is 14.2 Å². The maximum absolute atomic E-state index is 12.1. The lowest BCUT2D eigenvalue weighted by atomic mass is 9.74. The van der Waals surface area contributed by atoms with E-state index < -0.39 is 0 Å². The van der Waals surface area contributed by atoms with Crippen LogP contribution in [0.15, 0.2) is 18.2 Å². The van der Waals surface area contributed by atoms with Crippen LogP contribution in [0.2, 0.25) is 0 Å². The minimum atomic E-state index is -0.225. The summed E-state index contributed by atoms with van der Waals surface area (Å²) >= 11 is 0. The summed E-state index contributed by atoms with van der Waals surface area (Å²) < 4.78 is 10.5. The van der Waals surface area contributed by atoms with Gasteiger partial charge >= 0.3 is 0 Å². The second kappa shape index (κ2) is 6.16. The fraction of sp³-hybridized carbons (Fsp3) is 0.500. The van der Waals surface area contributed by atoms with E-state index in [1.807, 2.05) is 32.0 Å². The van der Waals surface area contributed by atoms with Crippen LogP contribution in [0.4, 0.5) is 0 Å². The number of hydrogen-bond donors (Lipinski definition) is 1. The highest BCUT2D eigenvalue weighted by Crippen LogP contribution is 2.39. The highest BCUT2D eigenvalue weighted by Gasteiger charge is 2.38. The quantitative estimate of drug-likeness (QED) is 0.863. The Morgan fingerprint density at radius 1 is 1.14 bits per heavy atom. The number of nitrogens with one attached hydrogen (secondary N) is 1. The first-order valence-electron chi connectivity index (χ1n) is 7.03. The summed E-state index contributed by atoms with van der Waals surface area (Å²) in [6.45, 7) is 3.99. The first-order valence-corrected chi connectivity index (χ1v) is 7.03. The van der Waals surface area contributed by atoms with Crippen molar-refractivity contribution in [2.45, 2.75) is 26.2 Å². The Kier molecular flexibility index (Phi) is 4.50. The lowest BCUT2D eigenvalue weighted by Crippen LogP contribution is -2.46. The second-order valence-electron chi connectivity index (χ2n) is 5.61. The summed E-state index contributed by atoms with van der Waals surface area (Å²) in [5.41, 5.74) is 0.926. The van der Waals surface area contributed by atoms with Gasteiger partial charge in [0, 0.05) is 18.3 Å². The Morgan fingerprint density at radius 3 is 2.38 bits per heavy atom. The van der Waals surface area contributed by atoms with Crippen molar-refractivity contribution in [3.8, 4) is 11.5 Å². The summed E-state index contributed by atoms with van der Waals surface area (Å²) in [7, 11) is 3.15. The average molecular weight is 291 g/mol. The van der Waals surface area contributed by atoms with Crippen LogP contribution >= 0.6 is 0 Å². The number of amides is 2. The molecular formula is C16H21NO4. The maximum Gasteiger partial charge on any atom is 0.230 e. The number of hydrogen-bond acceptors (Lipinski definition) is 4.